The molecule has 0 atom stereocenters. The molecule has 0 bridgehead atoms. The van der Waals surface area contributed by atoms with Gasteiger partial charge in [0.05, 0.1) is 0 Å². The van der Waals surface area contributed by atoms with Crippen molar-refractivity contribution in [3.05, 3.63) is 29.8 Å². The number of aromatic nitrogens is 1. The lowest BCUT2D eigenvalue weighted by molar-refractivity contribution is -0.667. The van der Waals surface area contributed by atoms with Crippen LogP contribution in [-0.2, 0) is 6.54 Å². The predicted molar refractivity (Wildman–Crippen MR) is 65.0 cm³/mol. The van der Waals surface area contributed by atoms with Gasteiger partial charge in [0.15, 0.2) is 0 Å². The Bertz CT molecular complexity index is 410. The molecule has 0 amide bonds. The second-order valence-corrected chi connectivity index (χ2v) is 4.96. The van der Waals surface area contributed by atoms with Gasteiger partial charge in [-0.05, 0) is 12.5 Å². The Balaban J connectivity index is 2.17. The fourth-order valence-electron chi connectivity index (χ4n) is 1.52. The number of unbranched alkanes of at least 4 members (excludes halogenated alkanes) is 1. The van der Waals surface area contributed by atoms with E-state index in [0.717, 1.165) is 11.9 Å². The first-order valence-corrected chi connectivity index (χ1v) is 6.83. The molecule has 14 heavy (non-hydrogen) atoms. The summed E-state index contributed by atoms with van der Waals surface area (Å²) >= 11 is 5.28. The molecule has 74 valence electrons. The molecule has 0 radical (unpaired) electrons. The summed E-state index contributed by atoms with van der Waals surface area (Å²) in [5.41, 5.74) is 3.59. The molecular weight excluding hydrogens is 258 g/mol. The van der Waals surface area contributed by atoms with Crippen LogP contribution in [0, 0.1) is 0 Å². The van der Waals surface area contributed by atoms with Crippen LogP contribution in [0.1, 0.15) is 12.8 Å². The molecular formula is C11H13BrNS+. The minimum atomic E-state index is 1.11. The maximum absolute atomic E-state index is 3.46. The average Bonchev–Trinajstić information content (AvgIpc) is 2.63. The molecule has 0 aliphatic rings. The number of hydrogen-bond acceptors (Lipinski definition) is 1. The average molecular weight is 271 g/mol. The minimum absolute atomic E-state index is 1.11. The molecule has 1 aromatic heterocycles. The largest absolute Gasteiger partial charge is 0.225 e. The van der Waals surface area contributed by atoms with E-state index in [0.29, 0.717) is 0 Å². The Kier molecular flexibility index (Phi) is 3.54. The number of para-hydroxylation sites is 1. The van der Waals surface area contributed by atoms with Crippen molar-refractivity contribution in [3.8, 4) is 0 Å². The molecule has 1 heterocycles. The summed E-state index contributed by atoms with van der Waals surface area (Å²) in [6.45, 7) is 1.13. The second-order valence-electron chi connectivity index (χ2n) is 3.28. The van der Waals surface area contributed by atoms with Crippen molar-refractivity contribution in [2.45, 2.75) is 19.4 Å². The van der Waals surface area contributed by atoms with E-state index in [1.807, 2.05) is 11.3 Å². The lowest BCUT2D eigenvalue weighted by atomic mass is 10.3. The topological polar surface area (TPSA) is 3.88 Å². The van der Waals surface area contributed by atoms with Crippen LogP contribution in [0.3, 0.4) is 0 Å². The van der Waals surface area contributed by atoms with Crippen molar-refractivity contribution < 1.29 is 4.57 Å². The number of thiazole rings is 1. The monoisotopic (exact) mass is 270 g/mol. The van der Waals surface area contributed by atoms with Crippen LogP contribution in [0.4, 0.5) is 0 Å². The lowest BCUT2D eigenvalue weighted by Crippen LogP contribution is -2.31. The van der Waals surface area contributed by atoms with Crippen LogP contribution in [-0.4, -0.2) is 5.33 Å². The fraction of sp³-hybridized carbons (Fsp3) is 0.364. The van der Waals surface area contributed by atoms with E-state index in [1.54, 1.807) is 0 Å². The first kappa shape index (κ1) is 10.1. The molecule has 0 unspecified atom stereocenters. The summed E-state index contributed by atoms with van der Waals surface area (Å²) in [7, 11) is 0. The first-order chi connectivity index (χ1) is 6.92. The molecule has 2 aromatic rings. The molecule has 0 aliphatic carbocycles. The highest BCUT2D eigenvalue weighted by Crippen LogP contribution is 2.15. The van der Waals surface area contributed by atoms with Crippen molar-refractivity contribution in [1.29, 1.82) is 0 Å². The Morgan fingerprint density at radius 3 is 2.93 bits per heavy atom. The standard InChI is InChI=1S/C11H13BrNS/c12-7-3-4-8-13-9-14-11-6-2-1-5-10(11)13/h1-2,5-6,9H,3-4,7-8H2/q+1. The molecule has 0 saturated carbocycles. The van der Waals surface area contributed by atoms with Gasteiger partial charge < -0.3 is 0 Å². The summed E-state index contributed by atoms with van der Waals surface area (Å²) in [6, 6.07) is 8.58. The van der Waals surface area contributed by atoms with Gasteiger partial charge in [0, 0.05) is 17.8 Å². The summed E-state index contributed by atoms with van der Waals surface area (Å²) in [5.74, 6) is 0. The van der Waals surface area contributed by atoms with Gasteiger partial charge in [-0.3, -0.25) is 0 Å². The Morgan fingerprint density at radius 2 is 2.07 bits per heavy atom. The fourth-order valence-corrected chi connectivity index (χ4v) is 2.84. The van der Waals surface area contributed by atoms with Gasteiger partial charge in [-0.25, -0.2) is 0 Å². The third-order valence-corrected chi connectivity index (χ3v) is 3.78. The zero-order valence-electron chi connectivity index (χ0n) is 7.95. The van der Waals surface area contributed by atoms with Crippen LogP contribution in [0.5, 0.6) is 0 Å². The van der Waals surface area contributed by atoms with Crippen LogP contribution in [0.2, 0.25) is 0 Å². The number of benzene rings is 1. The normalized spacial score (nSPS) is 10.9. The number of alkyl halides is 1. The summed E-state index contributed by atoms with van der Waals surface area (Å²) in [6.07, 6.45) is 2.49. The van der Waals surface area contributed by atoms with Gasteiger partial charge in [0.1, 0.15) is 11.2 Å². The quantitative estimate of drug-likeness (QED) is 0.456. The van der Waals surface area contributed by atoms with Gasteiger partial charge in [0.25, 0.3) is 0 Å². The second kappa shape index (κ2) is 4.89. The van der Waals surface area contributed by atoms with Gasteiger partial charge in [-0.1, -0.05) is 39.4 Å². The third-order valence-electron chi connectivity index (χ3n) is 2.26. The summed E-state index contributed by atoms with van der Waals surface area (Å²) < 4.78 is 3.73. The van der Waals surface area contributed by atoms with Crippen molar-refractivity contribution in [2.75, 3.05) is 5.33 Å². The molecule has 2 rings (SSSR count). The van der Waals surface area contributed by atoms with Gasteiger partial charge >= 0.3 is 0 Å². The molecule has 0 N–H and O–H groups in total. The van der Waals surface area contributed by atoms with E-state index >= 15 is 0 Å². The molecule has 1 aromatic carbocycles. The van der Waals surface area contributed by atoms with Crippen molar-refractivity contribution in [2.24, 2.45) is 0 Å². The van der Waals surface area contributed by atoms with Gasteiger partial charge in [0.2, 0.25) is 11.0 Å². The maximum atomic E-state index is 3.46. The highest BCUT2D eigenvalue weighted by Gasteiger charge is 2.09. The number of fused-ring (bicyclic) bond motifs is 1. The van der Waals surface area contributed by atoms with Crippen LogP contribution >= 0.6 is 27.3 Å². The van der Waals surface area contributed by atoms with E-state index in [9.17, 15) is 0 Å². The summed E-state index contributed by atoms with van der Waals surface area (Å²) in [5, 5.41) is 1.11. The molecule has 0 spiro atoms. The van der Waals surface area contributed by atoms with Gasteiger partial charge in [-0.15, -0.1) is 0 Å². The summed E-state index contributed by atoms with van der Waals surface area (Å²) in [4.78, 5) is 0. The zero-order valence-corrected chi connectivity index (χ0v) is 10.4. The number of halogens is 1. The maximum Gasteiger partial charge on any atom is 0.225 e. The Labute approximate surface area is 96.5 Å². The van der Waals surface area contributed by atoms with Crippen LogP contribution in [0.25, 0.3) is 10.2 Å². The van der Waals surface area contributed by atoms with Gasteiger partial charge in [-0.2, -0.15) is 4.57 Å². The SMILES string of the molecule is BrCCCC[n+]1csc2ccccc21. The first-order valence-electron chi connectivity index (χ1n) is 4.83. The third kappa shape index (κ3) is 2.15. The molecule has 0 saturated heterocycles. The highest BCUT2D eigenvalue weighted by molar-refractivity contribution is 9.09. The Morgan fingerprint density at radius 1 is 1.21 bits per heavy atom. The molecule has 0 fully saturated rings. The van der Waals surface area contributed by atoms with Crippen LogP contribution in [0.15, 0.2) is 29.8 Å². The number of aryl methyl sites for hydroxylation is 1. The van der Waals surface area contributed by atoms with E-state index in [1.165, 1.54) is 23.1 Å². The van der Waals surface area contributed by atoms with E-state index < -0.39 is 0 Å². The van der Waals surface area contributed by atoms with Crippen LogP contribution < -0.4 is 4.57 Å². The predicted octanol–water partition coefficient (Wildman–Crippen LogP) is 3.36. The number of rotatable bonds is 4. The Hall–Kier alpha value is -0.410. The van der Waals surface area contributed by atoms with Crippen molar-refractivity contribution in [3.63, 3.8) is 0 Å². The van der Waals surface area contributed by atoms with E-state index in [-0.39, 0.29) is 0 Å². The van der Waals surface area contributed by atoms with Crippen molar-refractivity contribution in [1.82, 2.24) is 0 Å². The number of hydrogen-bond donors (Lipinski definition) is 0. The van der Waals surface area contributed by atoms with E-state index in [2.05, 4.69) is 50.3 Å². The molecule has 1 nitrogen and oxygen atoms in total. The van der Waals surface area contributed by atoms with Crippen molar-refractivity contribution >= 4 is 37.5 Å². The minimum Gasteiger partial charge on any atom is -0.188 e. The van der Waals surface area contributed by atoms with E-state index in [4.69, 9.17) is 0 Å². The number of nitrogens with zero attached hydrogens (tertiary/aromatic N) is 1. The molecule has 0 aliphatic heterocycles. The lowest BCUT2D eigenvalue weighted by Gasteiger charge is -1.92. The molecule has 3 heteroatoms. The smallest absolute Gasteiger partial charge is 0.188 e. The highest BCUT2D eigenvalue weighted by atomic mass is 79.9. The zero-order chi connectivity index (χ0) is 9.80.